The van der Waals surface area contributed by atoms with Crippen LogP contribution in [0.25, 0.3) is 0 Å². The third kappa shape index (κ3) is 5.38. The highest BCUT2D eigenvalue weighted by Gasteiger charge is 2.12. The first kappa shape index (κ1) is 19.1. The smallest absolute Gasteiger partial charge is 0.270 e. The number of nitro groups is 1. The quantitative estimate of drug-likeness (QED) is 0.429. The molecule has 0 fully saturated rings. The molecule has 0 bridgehead atoms. The van der Waals surface area contributed by atoms with Crippen LogP contribution in [0.5, 0.6) is 0 Å². The minimum atomic E-state index is -0.559. The second-order valence-corrected chi connectivity index (χ2v) is 5.44. The zero-order valence-corrected chi connectivity index (χ0v) is 14.2. The molecule has 2 rings (SSSR count). The maximum absolute atomic E-state index is 12.2. The largest absolute Gasteiger partial charge is 0.385 e. The van der Waals surface area contributed by atoms with Crippen LogP contribution in [0.1, 0.15) is 27.1 Å². The van der Waals surface area contributed by atoms with Gasteiger partial charge in [-0.1, -0.05) is 6.07 Å². The number of ether oxygens (including phenoxy) is 1. The Balaban J connectivity index is 1.96. The molecule has 0 atom stereocenters. The number of nitrogens with one attached hydrogen (secondary N) is 2. The maximum atomic E-state index is 12.2. The lowest BCUT2D eigenvalue weighted by Gasteiger charge is -2.08. The molecule has 0 aliphatic heterocycles. The first-order valence-electron chi connectivity index (χ1n) is 7.94. The summed E-state index contributed by atoms with van der Waals surface area (Å²) in [5.74, 6) is -0.678. The van der Waals surface area contributed by atoms with Gasteiger partial charge >= 0.3 is 0 Å². The summed E-state index contributed by atoms with van der Waals surface area (Å²) in [7, 11) is 1.60. The number of non-ortho nitro benzene ring substituents is 1. The summed E-state index contributed by atoms with van der Waals surface area (Å²) >= 11 is 0. The molecule has 8 heteroatoms. The van der Waals surface area contributed by atoms with Crippen LogP contribution in [0.15, 0.2) is 48.5 Å². The summed E-state index contributed by atoms with van der Waals surface area (Å²) in [5, 5.41) is 16.2. The van der Waals surface area contributed by atoms with E-state index in [1.54, 1.807) is 31.4 Å². The van der Waals surface area contributed by atoms with Crippen molar-refractivity contribution in [2.75, 3.05) is 25.6 Å². The zero-order valence-electron chi connectivity index (χ0n) is 14.2. The monoisotopic (exact) mass is 357 g/mol. The highest BCUT2D eigenvalue weighted by atomic mass is 16.6. The van der Waals surface area contributed by atoms with Gasteiger partial charge in [0.15, 0.2) is 0 Å². The van der Waals surface area contributed by atoms with Crippen LogP contribution in [-0.4, -0.2) is 37.0 Å². The van der Waals surface area contributed by atoms with E-state index in [2.05, 4.69) is 10.6 Å². The van der Waals surface area contributed by atoms with E-state index in [0.717, 1.165) is 6.42 Å². The molecule has 136 valence electrons. The van der Waals surface area contributed by atoms with Gasteiger partial charge in [-0.15, -0.1) is 0 Å². The number of carbonyl (C=O) groups is 2. The van der Waals surface area contributed by atoms with Crippen LogP contribution in [-0.2, 0) is 4.74 Å². The molecular formula is C18H19N3O5. The van der Waals surface area contributed by atoms with Crippen molar-refractivity contribution in [1.82, 2.24) is 5.32 Å². The number of hydrogen-bond acceptors (Lipinski definition) is 5. The molecular weight excluding hydrogens is 338 g/mol. The summed E-state index contributed by atoms with van der Waals surface area (Å²) in [5.41, 5.74) is 0.977. The fourth-order valence-electron chi connectivity index (χ4n) is 2.19. The lowest BCUT2D eigenvalue weighted by atomic mass is 10.1. The van der Waals surface area contributed by atoms with Gasteiger partial charge in [0.25, 0.3) is 17.5 Å². The van der Waals surface area contributed by atoms with Crippen LogP contribution in [0.3, 0.4) is 0 Å². The second kappa shape index (κ2) is 9.28. The molecule has 8 nitrogen and oxygen atoms in total. The standard InChI is InChI=1S/C18H19N3O5/c1-26-11-3-10-19-17(22)13-6-8-15(9-7-13)20-18(23)14-4-2-5-16(12-14)21(24)25/h2,4-9,12H,3,10-11H2,1H3,(H,19,22)(H,20,23). The number of anilines is 1. The highest BCUT2D eigenvalue weighted by molar-refractivity contribution is 6.05. The summed E-state index contributed by atoms with van der Waals surface area (Å²) in [4.78, 5) is 34.4. The molecule has 0 aliphatic rings. The van der Waals surface area contributed by atoms with Gasteiger partial charge in [0.05, 0.1) is 4.92 Å². The van der Waals surface area contributed by atoms with Crippen molar-refractivity contribution in [3.63, 3.8) is 0 Å². The van der Waals surface area contributed by atoms with Crippen molar-refractivity contribution >= 4 is 23.2 Å². The normalized spacial score (nSPS) is 10.2. The van der Waals surface area contributed by atoms with Crippen LogP contribution < -0.4 is 10.6 Å². The third-order valence-electron chi connectivity index (χ3n) is 3.53. The van der Waals surface area contributed by atoms with Gasteiger partial charge in [0.2, 0.25) is 0 Å². The van der Waals surface area contributed by atoms with E-state index >= 15 is 0 Å². The van der Waals surface area contributed by atoms with E-state index in [9.17, 15) is 19.7 Å². The van der Waals surface area contributed by atoms with E-state index in [-0.39, 0.29) is 17.2 Å². The van der Waals surface area contributed by atoms with E-state index in [4.69, 9.17) is 4.74 Å². The van der Waals surface area contributed by atoms with Crippen LogP contribution >= 0.6 is 0 Å². The van der Waals surface area contributed by atoms with Gasteiger partial charge in [-0.25, -0.2) is 0 Å². The Hall–Kier alpha value is -3.26. The van der Waals surface area contributed by atoms with Crippen molar-refractivity contribution in [1.29, 1.82) is 0 Å². The van der Waals surface area contributed by atoms with Gasteiger partial charge in [-0.2, -0.15) is 0 Å². The summed E-state index contributed by atoms with van der Waals surface area (Å²) in [6.07, 6.45) is 0.722. The van der Waals surface area contributed by atoms with Crippen molar-refractivity contribution in [3.8, 4) is 0 Å². The van der Waals surface area contributed by atoms with Gasteiger partial charge < -0.3 is 15.4 Å². The third-order valence-corrected chi connectivity index (χ3v) is 3.53. The average Bonchev–Trinajstić information content (AvgIpc) is 2.65. The summed E-state index contributed by atoms with van der Waals surface area (Å²) < 4.78 is 4.91. The van der Waals surface area contributed by atoms with Crippen molar-refractivity contribution < 1.29 is 19.2 Å². The minimum Gasteiger partial charge on any atom is -0.385 e. The Morgan fingerprint density at radius 3 is 2.46 bits per heavy atom. The molecule has 2 aromatic rings. The number of amides is 2. The number of benzene rings is 2. The number of nitro benzene ring substituents is 1. The first-order valence-corrected chi connectivity index (χ1v) is 7.94. The van der Waals surface area contributed by atoms with Gasteiger partial charge in [0, 0.05) is 49.2 Å². The van der Waals surface area contributed by atoms with Gasteiger partial charge in [0.1, 0.15) is 0 Å². The molecule has 0 aromatic heterocycles. The predicted octanol–water partition coefficient (Wildman–Crippen LogP) is 2.61. The predicted molar refractivity (Wildman–Crippen MR) is 96.3 cm³/mol. The molecule has 0 radical (unpaired) electrons. The molecule has 26 heavy (non-hydrogen) atoms. The van der Waals surface area contributed by atoms with Crippen molar-refractivity contribution in [2.45, 2.75) is 6.42 Å². The number of hydrogen-bond donors (Lipinski definition) is 2. The molecule has 0 saturated heterocycles. The van der Waals surface area contributed by atoms with Crippen LogP contribution in [0.2, 0.25) is 0 Å². The second-order valence-electron chi connectivity index (χ2n) is 5.44. The Labute approximate surface area is 150 Å². The van der Waals surface area contributed by atoms with E-state index in [1.807, 2.05) is 0 Å². The van der Waals surface area contributed by atoms with Crippen molar-refractivity contribution in [3.05, 3.63) is 69.8 Å². The fourth-order valence-corrected chi connectivity index (χ4v) is 2.19. The molecule has 2 amide bonds. The Kier molecular flexibility index (Phi) is 6.81. The fraction of sp³-hybridized carbons (Fsp3) is 0.222. The van der Waals surface area contributed by atoms with Crippen LogP contribution in [0.4, 0.5) is 11.4 Å². The van der Waals surface area contributed by atoms with Gasteiger partial charge in [-0.05, 0) is 36.8 Å². The summed E-state index contributed by atoms with van der Waals surface area (Å²) in [6.45, 7) is 1.08. The molecule has 0 saturated carbocycles. The zero-order chi connectivity index (χ0) is 18.9. The Morgan fingerprint density at radius 1 is 1.08 bits per heavy atom. The van der Waals surface area contributed by atoms with Crippen molar-refractivity contribution in [2.24, 2.45) is 0 Å². The lowest BCUT2D eigenvalue weighted by molar-refractivity contribution is -0.384. The number of methoxy groups -OCH3 is 1. The Morgan fingerprint density at radius 2 is 1.81 bits per heavy atom. The number of carbonyl (C=O) groups excluding carboxylic acids is 2. The molecule has 0 heterocycles. The van der Waals surface area contributed by atoms with Crippen LogP contribution in [0, 0.1) is 10.1 Å². The van der Waals surface area contributed by atoms with E-state index < -0.39 is 10.8 Å². The molecule has 0 aliphatic carbocycles. The topological polar surface area (TPSA) is 111 Å². The first-order chi connectivity index (χ1) is 12.5. The SMILES string of the molecule is COCCCNC(=O)c1ccc(NC(=O)c2cccc([N+](=O)[O-])c2)cc1. The number of nitrogens with zero attached hydrogens (tertiary/aromatic N) is 1. The number of rotatable bonds is 8. The molecule has 2 aromatic carbocycles. The lowest BCUT2D eigenvalue weighted by Crippen LogP contribution is -2.25. The van der Waals surface area contributed by atoms with E-state index in [0.29, 0.717) is 24.4 Å². The van der Waals surface area contributed by atoms with Gasteiger partial charge in [-0.3, -0.25) is 19.7 Å². The average molecular weight is 357 g/mol. The molecule has 2 N–H and O–H groups in total. The maximum Gasteiger partial charge on any atom is 0.270 e. The highest BCUT2D eigenvalue weighted by Crippen LogP contribution is 2.16. The molecule has 0 unspecified atom stereocenters. The Bertz CT molecular complexity index is 790. The minimum absolute atomic E-state index is 0.154. The van der Waals surface area contributed by atoms with E-state index in [1.165, 1.54) is 24.3 Å². The molecule has 0 spiro atoms. The summed E-state index contributed by atoms with van der Waals surface area (Å²) in [6, 6.07) is 11.8.